The Kier molecular flexibility index (Phi) is 7.29. The summed E-state index contributed by atoms with van der Waals surface area (Å²) in [5.74, 6) is -1.52. The molecule has 3 aromatic carbocycles. The number of benzene rings is 3. The Labute approximate surface area is 214 Å². The van der Waals surface area contributed by atoms with E-state index in [2.05, 4.69) is 0 Å². The Morgan fingerprint density at radius 3 is 2.22 bits per heavy atom. The second-order valence-electron chi connectivity index (χ2n) is 8.41. The summed E-state index contributed by atoms with van der Waals surface area (Å²) in [6.45, 7) is 3.79. The van der Waals surface area contributed by atoms with Crippen molar-refractivity contribution in [3.05, 3.63) is 94.6 Å². The Bertz CT molecular complexity index is 1370. The highest BCUT2D eigenvalue weighted by atomic mass is 16.5. The summed E-state index contributed by atoms with van der Waals surface area (Å²) in [5, 5.41) is 11.4. The van der Waals surface area contributed by atoms with Gasteiger partial charge in [0.15, 0.2) is 0 Å². The number of ether oxygens (including phenoxy) is 3. The van der Waals surface area contributed by atoms with Gasteiger partial charge in [0.05, 0.1) is 43.6 Å². The lowest BCUT2D eigenvalue weighted by Crippen LogP contribution is -2.29. The zero-order chi connectivity index (χ0) is 26.7. The van der Waals surface area contributed by atoms with E-state index in [1.165, 1.54) is 31.3 Å². The second kappa shape index (κ2) is 10.6. The number of esters is 1. The molecule has 8 heteroatoms. The molecule has 1 aliphatic rings. The van der Waals surface area contributed by atoms with Crippen molar-refractivity contribution in [2.75, 3.05) is 25.7 Å². The maximum absolute atomic E-state index is 13.4. The normalized spacial score (nSPS) is 16.5. The van der Waals surface area contributed by atoms with Crippen molar-refractivity contribution >= 4 is 29.1 Å². The van der Waals surface area contributed by atoms with E-state index < -0.39 is 23.7 Å². The number of amides is 1. The van der Waals surface area contributed by atoms with Crippen LogP contribution in [0.4, 0.5) is 5.69 Å². The molecule has 8 nitrogen and oxygen atoms in total. The molecule has 1 saturated heterocycles. The van der Waals surface area contributed by atoms with Gasteiger partial charge >= 0.3 is 5.97 Å². The Morgan fingerprint density at radius 2 is 1.62 bits per heavy atom. The fourth-order valence-corrected chi connectivity index (χ4v) is 4.32. The van der Waals surface area contributed by atoms with Gasteiger partial charge in [-0.25, -0.2) is 4.79 Å². The number of carbonyl (C=O) groups excluding carboxylic acids is 3. The third-order valence-corrected chi connectivity index (χ3v) is 6.14. The summed E-state index contributed by atoms with van der Waals surface area (Å²) in [7, 11) is 3.00. The highest BCUT2D eigenvalue weighted by molar-refractivity contribution is 6.51. The first-order chi connectivity index (χ1) is 17.8. The molecular weight excluding hydrogens is 474 g/mol. The molecule has 1 fully saturated rings. The molecule has 1 aliphatic heterocycles. The van der Waals surface area contributed by atoms with Crippen LogP contribution in [0.15, 0.2) is 72.3 Å². The third-order valence-electron chi connectivity index (χ3n) is 6.14. The number of aliphatic hydroxyl groups is 1. The SMILES string of the molecule is CCOC(=O)c1ccc(N2C(=O)C(=O)/C(=C(/O)c3cc(C)ccc3OC)C2c2ccc(OC)cc2)cc1. The first-order valence-corrected chi connectivity index (χ1v) is 11.7. The highest BCUT2D eigenvalue weighted by Crippen LogP contribution is 2.43. The summed E-state index contributed by atoms with van der Waals surface area (Å²) in [6.07, 6.45) is 0. The predicted molar refractivity (Wildman–Crippen MR) is 138 cm³/mol. The lowest BCUT2D eigenvalue weighted by atomic mass is 9.94. The fourth-order valence-electron chi connectivity index (χ4n) is 4.32. The highest BCUT2D eigenvalue weighted by Gasteiger charge is 2.47. The quantitative estimate of drug-likeness (QED) is 0.214. The van der Waals surface area contributed by atoms with Gasteiger partial charge < -0.3 is 19.3 Å². The van der Waals surface area contributed by atoms with E-state index >= 15 is 0 Å². The number of rotatable bonds is 7. The minimum atomic E-state index is -0.940. The number of aryl methyl sites for hydroxylation is 1. The van der Waals surface area contributed by atoms with Crippen molar-refractivity contribution in [2.45, 2.75) is 19.9 Å². The fraction of sp³-hybridized carbons (Fsp3) is 0.207. The molecule has 0 aliphatic carbocycles. The number of hydrogen-bond donors (Lipinski definition) is 1. The number of methoxy groups -OCH3 is 2. The van der Waals surface area contributed by atoms with Gasteiger partial charge in [0.2, 0.25) is 0 Å². The summed E-state index contributed by atoms with van der Waals surface area (Å²) >= 11 is 0. The van der Waals surface area contributed by atoms with E-state index in [1.807, 2.05) is 13.0 Å². The Balaban J connectivity index is 1.90. The van der Waals surface area contributed by atoms with Gasteiger partial charge in [-0.15, -0.1) is 0 Å². The van der Waals surface area contributed by atoms with Crippen LogP contribution in [0.25, 0.3) is 5.76 Å². The standard InChI is InChI=1S/C29H27NO7/c1-5-37-29(34)19-7-11-20(12-8-19)30-25(18-9-13-21(35-3)14-10-18)24(27(32)28(30)33)26(31)22-16-17(2)6-15-23(22)36-4/h6-16,25,31H,5H2,1-4H3/b26-24+. The summed E-state index contributed by atoms with van der Waals surface area (Å²) < 4.78 is 15.7. The largest absolute Gasteiger partial charge is 0.507 e. The number of Topliss-reactive ketones (excluding diaryl/α,β-unsaturated/α-hetero) is 1. The van der Waals surface area contributed by atoms with Crippen LogP contribution in [-0.4, -0.2) is 43.6 Å². The van der Waals surface area contributed by atoms with Gasteiger partial charge in [0.25, 0.3) is 11.7 Å². The van der Waals surface area contributed by atoms with Crippen molar-refractivity contribution in [1.82, 2.24) is 0 Å². The van der Waals surface area contributed by atoms with Crippen LogP contribution in [0.3, 0.4) is 0 Å². The predicted octanol–water partition coefficient (Wildman–Crippen LogP) is 4.82. The number of nitrogens with zero attached hydrogens (tertiary/aromatic N) is 1. The van der Waals surface area contributed by atoms with Gasteiger partial charge in [0.1, 0.15) is 17.3 Å². The summed E-state index contributed by atoms with van der Waals surface area (Å²) in [5.41, 5.74) is 2.35. The molecule has 1 amide bonds. The summed E-state index contributed by atoms with van der Waals surface area (Å²) in [4.78, 5) is 40.2. The van der Waals surface area contributed by atoms with Gasteiger partial charge in [-0.2, -0.15) is 0 Å². The van der Waals surface area contributed by atoms with Crippen LogP contribution in [0.1, 0.15) is 40.0 Å². The van der Waals surface area contributed by atoms with E-state index in [1.54, 1.807) is 55.5 Å². The topological polar surface area (TPSA) is 102 Å². The van der Waals surface area contributed by atoms with E-state index in [0.717, 1.165) is 5.56 Å². The molecule has 37 heavy (non-hydrogen) atoms. The molecule has 1 atom stereocenters. The van der Waals surface area contributed by atoms with E-state index in [0.29, 0.717) is 33.9 Å². The maximum Gasteiger partial charge on any atom is 0.338 e. The molecule has 1 heterocycles. The van der Waals surface area contributed by atoms with Crippen LogP contribution in [0, 0.1) is 6.92 Å². The molecule has 0 aromatic heterocycles. The first-order valence-electron chi connectivity index (χ1n) is 11.7. The van der Waals surface area contributed by atoms with E-state index in [4.69, 9.17) is 14.2 Å². The number of anilines is 1. The molecule has 1 N–H and O–H groups in total. The smallest absolute Gasteiger partial charge is 0.338 e. The van der Waals surface area contributed by atoms with E-state index in [-0.39, 0.29) is 17.9 Å². The van der Waals surface area contributed by atoms with Gasteiger partial charge in [-0.3, -0.25) is 14.5 Å². The third kappa shape index (κ3) is 4.78. The average Bonchev–Trinajstić information content (AvgIpc) is 3.18. The molecule has 1 unspecified atom stereocenters. The lowest BCUT2D eigenvalue weighted by molar-refractivity contribution is -0.132. The first kappa shape index (κ1) is 25.5. The molecule has 0 spiro atoms. The molecule has 0 bridgehead atoms. The average molecular weight is 502 g/mol. The number of hydrogen-bond acceptors (Lipinski definition) is 7. The van der Waals surface area contributed by atoms with Crippen molar-refractivity contribution in [1.29, 1.82) is 0 Å². The van der Waals surface area contributed by atoms with Crippen molar-refractivity contribution in [3.63, 3.8) is 0 Å². The number of carbonyl (C=O) groups is 3. The Morgan fingerprint density at radius 1 is 0.946 bits per heavy atom. The maximum atomic E-state index is 13.4. The van der Waals surface area contributed by atoms with Crippen LogP contribution in [-0.2, 0) is 14.3 Å². The molecule has 4 rings (SSSR count). The zero-order valence-electron chi connectivity index (χ0n) is 21.0. The van der Waals surface area contributed by atoms with Gasteiger partial charge in [-0.05, 0) is 67.9 Å². The van der Waals surface area contributed by atoms with Crippen LogP contribution < -0.4 is 14.4 Å². The molecular formula is C29H27NO7. The zero-order valence-corrected chi connectivity index (χ0v) is 21.0. The van der Waals surface area contributed by atoms with Gasteiger partial charge in [0, 0.05) is 5.69 Å². The van der Waals surface area contributed by atoms with Crippen LogP contribution in [0.5, 0.6) is 11.5 Å². The van der Waals surface area contributed by atoms with Crippen LogP contribution in [0.2, 0.25) is 0 Å². The second-order valence-corrected chi connectivity index (χ2v) is 8.41. The minimum absolute atomic E-state index is 0.0754. The molecule has 0 radical (unpaired) electrons. The molecule has 190 valence electrons. The van der Waals surface area contributed by atoms with E-state index in [9.17, 15) is 19.5 Å². The van der Waals surface area contributed by atoms with Crippen LogP contribution >= 0.6 is 0 Å². The minimum Gasteiger partial charge on any atom is -0.507 e. The monoisotopic (exact) mass is 501 g/mol. The summed E-state index contributed by atoms with van der Waals surface area (Å²) in [6, 6.07) is 17.4. The Hall–Kier alpha value is -4.59. The number of ketones is 1. The lowest BCUT2D eigenvalue weighted by Gasteiger charge is -2.26. The van der Waals surface area contributed by atoms with Crippen molar-refractivity contribution in [3.8, 4) is 11.5 Å². The molecule has 0 saturated carbocycles. The van der Waals surface area contributed by atoms with Gasteiger partial charge in [-0.1, -0.05) is 23.8 Å². The van der Waals surface area contributed by atoms with Crippen molar-refractivity contribution in [2.24, 2.45) is 0 Å². The molecule has 3 aromatic rings. The van der Waals surface area contributed by atoms with Crippen molar-refractivity contribution < 1.29 is 33.7 Å². The number of aliphatic hydroxyl groups excluding tert-OH is 1.